The average molecular weight is 481 g/mol. The molecule has 2 amide bonds. The number of hydrogen-bond donors (Lipinski definition) is 0. The highest BCUT2D eigenvalue weighted by atomic mass is 16.5. The predicted molar refractivity (Wildman–Crippen MR) is 133 cm³/mol. The molecule has 35 heavy (non-hydrogen) atoms. The molecule has 5 atom stereocenters. The van der Waals surface area contributed by atoms with Crippen molar-refractivity contribution in [2.75, 3.05) is 52.6 Å². The number of ether oxygens (including phenoxy) is 2. The van der Waals surface area contributed by atoms with Gasteiger partial charge in [0.1, 0.15) is 0 Å². The Morgan fingerprint density at radius 2 is 1.49 bits per heavy atom. The normalized spacial score (nSPS) is 39.0. The van der Waals surface area contributed by atoms with Crippen LogP contribution in [0.5, 0.6) is 0 Å². The molecule has 0 aromatic heterocycles. The monoisotopic (exact) mass is 480 g/mol. The summed E-state index contributed by atoms with van der Waals surface area (Å²) in [7, 11) is 0. The van der Waals surface area contributed by atoms with Crippen molar-refractivity contribution >= 4 is 11.8 Å². The van der Waals surface area contributed by atoms with Crippen LogP contribution in [0.25, 0.3) is 0 Å². The molecule has 2 aliphatic heterocycles. The van der Waals surface area contributed by atoms with Gasteiger partial charge in [0.25, 0.3) is 0 Å². The number of amides is 2. The maximum Gasteiger partial charge on any atom is 0.250 e. The highest BCUT2D eigenvalue weighted by Crippen LogP contribution is 2.64. The third-order valence-electron chi connectivity index (χ3n) is 10.5. The topological polar surface area (TPSA) is 59.1 Å². The van der Waals surface area contributed by atoms with Crippen molar-refractivity contribution in [3.05, 3.63) is 34.9 Å². The molecule has 0 unspecified atom stereocenters. The van der Waals surface area contributed by atoms with Crippen molar-refractivity contribution in [1.29, 1.82) is 0 Å². The first-order chi connectivity index (χ1) is 16.9. The quantitative estimate of drug-likeness (QED) is 0.604. The molecule has 2 heterocycles. The maximum absolute atomic E-state index is 13.5. The fraction of sp³-hybridized carbons (Fsp3) is 0.724. The Bertz CT molecular complexity index is 987. The van der Waals surface area contributed by atoms with E-state index in [-0.39, 0.29) is 22.6 Å². The van der Waals surface area contributed by atoms with E-state index in [9.17, 15) is 9.59 Å². The Morgan fingerprint density at radius 1 is 0.829 bits per heavy atom. The zero-order chi connectivity index (χ0) is 24.2. The van der Waals surface area contributed by atoms with Gasteiger partial charge in [-0.25, -0.2) is 0 Å². The summed E-state index contributed by atoms with van der Waals surface area (Å²) in [6.45, 7) is 10.3. The van der Waals surface area contributed by atoms with Gasteiger partial charge in [-0.2, -0.15) is 0 Å². The van der Waals surface area contributed by atoms with E-state index < -0.39 is 0 Å². The van der Waals surface area contributed by atoms with Crippen LogP contribution in [-0.4, -0.2) is 74.2 Å². The van der Waals surface area contributed by atoms with E-state index in [0.29, 0.717) is 70.4 Å². The zero-order valence-corrected chi connectivity index (χ0v) is 21.4. The summed E-state index contributed by atoms with van der Waals surface area (Å²) in [6.07, 6.45) is 13.2. The fourth-order valence-corrected chi connectivity index (χ4v) is 8.30. The van der Waals surface area contributed by atoms with Gasteiger partial charge < -0.3 is 19.3 Å². The van der Waals surface area contributed by atoms with Crippen LogP contribution in [0, 0.1) is 28.6 Å². The van der Waals surface area contributed by atoms with E-state index in [0.717, 1.165) is 43.3 Å². The van der Waals surface area contributed by atoms with Crippen LogP contribution in [0.15, 0.2) is 34.9 Å². The third-order valence-corrected chi connectivity index (χ3v) is 10.5. The molecule has 0 aromatic rings. The Labute approximate surface area is 209 Å². The molecule has 4 aliphatic carbocycles. The van der Waals surface area contributed by atoms with Crippen molar-refractivity contribution in [3.63, 3.8) is 0 Å². The molecule has 0 N–H and O–H groups in total. The van der Waals surface area contributed by atoms with Crippen LogP contribution in [-0.2, 0) is 19.1 Å². The minimum absolute atomic E-state index is 0.0137. The summed E-state index contributed by atoms with van der Waals surface area (Å²) in [4.78, 5) is 30.6. The van der Waals surface area contributed by atoms with Crippen molar-refractivity contribution in [3.8, 4) is 0 Å². The van der Waals surface area contributed by atoms with Crippen molar-refractivity contribution in [1.82, 2.24) is 9.80 Å². The highest BCUT2D eigenvalue weighted by molar-refractivity contribution is 5.96. The van der Waals surface area contributed by atoms with E-state index in [4.69, 9.17) is 9.47 Å². The second-order valence-electron chi connectivity index (χ2n) is 12.0. The van der Waals surface area contributed by atoms with Gasteiger partial charge in [-0.05, 0) is 67.3 Å². The third kappa shape index (κ3) is 3.74. The fourth-order valence-electron chi connectivity index (χ4n) is 8.30. The largest absolute Gasteiger partial charge is 0.378 e. The Kier molecular flexibility index (Phi) is 5.96. The molecule has 3 fully saturated rings. The van der Waals surface area contributed by atoms with Crippen LogP contribution < -0.4 is 0 Å². The molecular weight excluding hydrogens is 440 g/mol. The summed E-state index contributed by atoms with van der Waals surface area (Å²) in [6, 6.07) is 0. The molecule has 1 saturated carbocycles. The predicted octanol–water partition coefficient (Wildman–Crippen LogP) is 3.74. The van der Waals surface area contributed by atoms with Gasteiger partial charge in [-0.3, -0.25) is 9.59 Å². The second-order valence-corrected chi connectivity index (χ2v) is 12.0. The van der Waals surface area contributed by atoms with Gasteiger partial charge in [0, 0.05) is 42.7 Å². The second kappa shape index (κ2) is 8.88. The number of allylic oxidation sites excluding steroid dienone is 4. The van der Waals surface area contributed by atoms with Gasteiger partial charge in [0.15, 0.2) is 0 Å². The molecule has 0 bridgehead atoms. The van der Waals surface area contributed by atoms with Crippen molar-refractivity contribution in [2.45, 2.75) is 52.4 Å². The Morgan fingerprint density at radius 3 is 2.17 bits per heavy atom. The van der Waals surface area contributed by atoms with Crippen LogP contribution in [0.2, 0.25) is 0 Å². The summed E-state index contributed by atoms with van der Waals surface area (Å²) in [5, 5.41) is 0. The van der Waals surface area contributed by atoms with E-state index in [1.165, 1.54) is 12.0 Å². The lowest BCUT2D eigenvalue weighted by molar-refractivity contribution is -0.133. The SMILES string of the molecule is C[C@]12CCC(C(=O)N3CCOCC3)=CC1=CC[C@@H]1[C@@H]2CC[C@]2(C)C(C(=O)N3CCOCC3)=CC[C@@H]12. The number of rotatable bonds is 2. The molecule has 6 heteroatoms. The molecule has 6 rings (SSSR count). The highest BCUT2D eigenvalue weighted by Gasteiger charge is 2.57. The lowest BCUT2D eigenvalue weighted by atomic mass is 9.48. The number of hydrogen-bond acceptors (Lipinski definition) is 4. The van der Waals surface area contributed by atoms with Gasteiger partial charge in [0.05, 0.1) is 26.4 Å². The molecule has 190 valence electrons. The minimum Gasteiger partial charge on any atom is -0.378 e. The van der Waals surface area contributed by atoms with Gasteiger partial charge in [0.2, 0.25) is 11.8 Å². The molecule has 6 nitrogen and oxygen atoms in total. The molecule has 0 spiro atoms. The number of morpholine rings is 2. The Balaban J connectivity index is 1.22. The molecule has 6 aliphatic rings. The molecule has 2 saturated heterocycles. The minimum atomic E-state index is -0.0137. The van der Waals surface area contributed by atoms with Crippen molar-refractivity contribution in [2.24, 2.45) is 28.6 Å². The lowest BCUT2D eigenvalue weighted by Crippen LogP contribution is -2.51. The van der Waals surface area contributed by atoms with Gasteiger partial charge >= 0.3 is 0 Å². The smallest absolute Gasteiger partial charge is 0.250 e. The van der Waals surface area contributed by atoms with E-state index >= 15 is 0 Å². The summed E-state index contributed by atoms with van der Waals surface area (Å²) >= 11 is 0. The lowest BCUT2D eigenvalue weighted by Gasteiger charge is -2.56. The van der Waals surface area contributed by atoms with Gasteiger partial charge in [-0.1, -0.05) is 32.1 Å². The zero-order valence-electron chi connectivity index (χ0n) is 21.4. The maximum atomic E-state index is 13.5. The number of fused-ring (bicyclic) bond motifs is 5. The number of nitrogens with zero attached hydrogens (tertiary/aromatic N) is 2. The summed E-state index contributed by atoms with van der Waals surface area (Å²) in [5.74, 6) is 2.24. The standard InChI is InChI=1S/C29H40N2O4/c1-28-9-7-20(26(32)30-11-15-34-16-12-30)19-21(28)3-4-22-23-5-6-25(29(23,2)10-8-24(22)28)27(33)31-13-17-35-18-14-31/h3,6,19,22-24H,4-5,7-18H2,1-2H3/t22-,23-,24-,28-,29-/m0/s1. The number of carbonyl (C=O) groups excluding carboxylic acids is 2. The summed E-state index contributed by atoms with van der Waals surface area (Å²) in [5.41, 5.74) is 3.57. The first-order valence-electron chi connectivity index (χ1n) is 13.8. The van der Waals surface area contributed by atoms with Crippen LogP contribution >= 0.6 is 0 Å². The summed E-state index contributed by atoms with van der Waals surface area (Å²) < 4.78 is 10.9. The molecule has 0 radical (unpaired) electrons. The average Bonchev–Trinajstić information content (AvgIpc) is 3.25. The Hall–Kier alpha value is -1.92. The van der Waals surface area contributed by atoms with Crippen molar-refractivity contribution < 1.29 is 19.1 Å². The van der Waals surface area contributed by atoms with Crippen LogP contribution in [0.4, 0.5) is 0 Å². The van der Waals surface area contributed by atoms with Gasteiger partial charge in [-0.15, -0.1) is 0 Å². The van der Waals surface area contributed by atoms with E-state index in [1.807, 2.05) is 9.80 Å². The van der Waals surface area contributed by atoms with Crippen LogP contribution in [0.3, 0.4) is 0 Å². The van der Waals surface area contributed by atoms with E-state index in [1.54, 1.807) is 0 Å². The first-order valence-corrected chi connectivity index (χ1v) is 13.8. The first kappa shape index (κ1) is 23.5. The number of carbonyl (C=O) groups is 2. The van der Waals surface area contributed by atoms with E-state index in [2.05, 4.69) is 32.1 Å². The van der Waals surface area contributed by atoms with Crippen LogP contribution in [0.1, 0.15) is 52.4 Å². The molecule has 0 aromatic carbocycles. The molecular formula is C29H40N2O4.